The van der Waals surface area contributed by atoms with Crippen molar-refractivity contribution in [3.63, 3.8) is 0 Å². The molecule has 1 aliphatic heterocycles. The van der Waals surface area contributed by atoms with Crippen molar-refractivity contribution in [2.24, 2.45) is 7.05 Å². The summed E-state index contributed by atoms with van der Waals surface area (Å²) in [7, 11) is 4.85. The molecule has 4 aromatic rings. The lowest BCUT2D eigenvalue weighted by Gasteiger charge is -2.28. The normalized spacial score (nSPS) is 14.7. The number of aromatic nitrogens is 3. The summed E-state index contributed by atoms with van der Waals surface area (Å²) in [6.45, 7) is 7.92. The number of nitrogens with zero attached hydrogens (tertiary/aromatic N) is 5. The molecule has 3 heterocycles. The number of nitrogens with one attached hydrogen (secondary N) is 1. The number of amides is 2. The number of methoxy groups -OCH3 is 1. The molecule has 47 heavy (non-hydrogen) atoms. The molecule has 13 heteroatoms. The molecule has 0 radical (unpaired) electrons. The molecule has 1 atom stereocenters. The lowest BCUT2D eigenvalue weighted by atomic mass is 9.96. The van der Waals surface area contributed by atoms with Gasteiger partial charge in [-0.3, -0.25) is 9.36 Å². The fraction of sp³-hybridized carbons (Fsp3) is 0.353. The van der Waals surface area contributed by atoms with Crippen LogP contribution in [0.1, 0.15) is 34.1 Å². The second kappa shape index (κ2) is 13.1. The van der Waals surface area contributed by atoms with Gasteiger partial charge in [0.25, 0.3) is 0 Å². The fourth-order valence-corrected chi connectivity index (χ4v) is 5.86. The van der Waals surface area contributed by atoms with Gasteiger partial charge in [0.1, 0.15) is 28.8 Å². The smallest absolute Gasteiger partial charge is 0.410 e. The molecule has 2 aromatic heterocycles. The van der Waals surface area contributed by atoms with Gasteiger partial charge in [-0.25, -0.2) is 19.0 Å². The number of likely N-dealkylation sites (N-methyl/N-ethyl adjacent to an activating group) is 1. The van der Waals surface area contributed by atoms with Crippen LogP contribution in [0.2, 0.25) is 5.02 Å². The van der Waals surface area contributed by atoms with Crippen LogP contribution in [0, 0.1) is 5.82 Å². The van der Waals surface area contributed by atoms with Gasteiger partial charge in [0, 0.05) is 57.6 Å². The highest BCUT2D eigenvalue weighted by molar-refractivity contribution is 6.32. The largest absolute Gasteiger partial charge is 0.495 e. The van der Waals surface area contributed by atoms with Gasteiger partial charge >= 0.3 is 11.8 Å². The first-order valence-electron chi connectivity index (χ1n) is 15.1. The second-order valence-corrected chi connectivity index (χ2v) is 12.9. The first-order valence-corrected chi connectivity index (χ1v) is 15.5. The molecule has 1 fully saturated rings. The molecular weight excluding hydrogens is 627 g/mol. The molecule has 0 saturated carbocycles. The van der Waals surface area contributed by atoms with Gasteiger partial charge in [-0.1, -0.05) is 17.7 Å². The van der Waals surface area contributed by atoms with Crippen molar-refractivity contribution in [3.05, 3.63) is 76.2 Å². The average Bonchev–Trinajstić information content (AvgIpc) is 3.62. The minimum absolute atomic E-state index is 0.130. The van der Waals surface area contributed by atoms with Gasteiger partial charge in [0.05, 0.1) is 23.9 Å². The van der Waals surface area contributed by atoms with Gasteiger partial charge in [0.2, 0.25) is 5.91 Å². The molecule has 1 aliphatic rings. The molecule has 11 nitrogen and oxygen atoms in total. The highest BCUT2D eigenvalue weighted by atomic mass is 35.5. The summed E-state index contributed by atoms with van der Waals surface area (Å²) in [5.41, 5.74) is 1.61. The second-order valence-electron chi connectivity index (χ2n) is 12.5. The monoisotopic (exact) mass is 664 g/mol. The third kappa shape index (κ3) is 7.27. The minimum atomic E-state index is -0.621. The molecule has 0 bridgehead atoms. The van der Waals surface area contributed by atoms with Crippen LogP contribution in [0.25, 0.3) is 27.9 Å². The van der Waals surface area contributed by atoms with Crippen LogP contribution in [-0.4, -0.2) is 69.9 Å². The maximum absolute atomic E-state index is 15.4. The zero-order valence-corrected chi connectivity index (χ0v) is 28.2. The number of hydrogen-bond acceptors (Lipinski definition) is 7. The predicted molar refractivity (Wildman–Crippen MR) is 180 cm³/mol. The molecule has 2 amide bonds. The molecule has 2 aromatic carbocycles. The van der Waals surface area contributed by atoms with Crippen molar-refractivity contribution in [1.29, 1.82) is 0 Å². The Morgan fingerprint density at radius 2 is 1.79 bits per heavy atom. The summed E-state index contributed by atoms with van der Waals surface area (Å²) in [4.78, 5) is 45.6. The Morgan fingerprint density at radius 1 is 1.09 bits per heavy atom. The van der Waals surface area contributed by atoms with Gasteiger partial charge in [-0.2, -0.15) is 0 Å². The van der Waals surface area contributed by atoms with Crippen LogP contribution < -0.4 is 20.6 Å². The van der Waals surface area contributed by atoms with Crippen molar-refractivity contribution in [2.45, 2.75) is 45.8 Å². The number of hydrogen-bond donors (Lipinski definition) is 1. The maximum Gasteiger partial charge on any atom is 0.410 e. The van der Waals surface area contributed by atoms with Crippen LogP contribution in [0.15, 0.2) is 59.7 Å². The van der Waals surface area contributed by atoms with Crippen LogP contribution >= 0.6 is 11.6 Å². The van der Waals surface area contributed by atoms with Crippen LogP contribution in [-0.2, 0) is 16.6 Å². The highest BCUT2D eigenvalue weighted by Crippen LogP contribution is 2.42. The van der Waals surface area contributed by atoms with E-state index < -0.39 is 17.5 Å². The molecule has 0 aliphatic carbocycles. The first-order chi connectivity index (χ1) is 22.1. The first kappa shape index (κ1) is 33.5. The van der Waals surface area contributed by atoms with E-state index in [0.717, 1.165) is 0 Å². The Bertz CT molecular complexity index is 1900. The number of anilines is 2. The topological polar surface area (TPSA) is 111 Å². The van der Waals surface area contributed by atoms with E-state index in [-0.39, 0.29) is 23.5 Å². The lowest BCUT2D eigenvalue weighted by molar-refractivity contribution is -0.114. The van der Waals surface area contributed by atoms with E-state index in [1.54, 1.807) is 61.7 Å². The van der Waals surface area contributed by atoms with Gasteiger partial charge in [-0.15, -0.1) is 0 Å². The average molecular weight is 665 g/mol. The van der Waals surface area contributed by atoms with Crippen LogP contribution in [0.5, 0.6) is 5.75 Å². The molecule has 248 valence electrons. The summed E-state index contributed by atoms with van der Waals surface area (Å²) in [5, 5.41) is 3.04. The highest BCUT2D eigenvalue weighted by Gasteiger charge is 2.32. The van der Waals surface area contributed by atoms with E-state index in [2.05, 4.69) is 10.3 Å². The van der Waals surface area contributed by atoms with E-state index in [1.807, 2.05) is 25.7 Å². The third-order valence-electron chi connectivity index (χ3n) is 7.87. The zero-order chi connectivity index (χ0) is 34.2. The van der Waals surface area contributed by atoms with E-state index in [1.165, 1.54) is 35.3 Å². The summed E-state index contributed by atoms with van der Waals surface area (Å²) >= 11 is 6.64. The van der Waals surface area contributed by atoms with Crippen molar-refractivity contribution >= 4 is 35.2 Å². The number of imidazole rings is 1. The number of aryl methyl sites for hydroxylation is 1. The molecular formula is C34H38ClFN6O5. The molecule has 0 unspecified atom stereocenters. The molecule has 1 N–H and O–H groups in total. The maximum atomic E-state index is 15.4. The summed E-state index contributed by atoms with van der Waals surface area (Å²) in [5.74, 6) is 0.364. The summed E-state index contributed by atoms with van der Waals surface area (Å²) in [6, 6.07) is 11.1. The Hall–Kier alpha value is -4.84. The Kier molecular flexibility index (Phi) is 9.35. The number of pyridine rings is 1. The molecule has 0 spiro atoms. The Morgan fingerprint density at radius 3 is 2.38 bits per heavy atom. The number of carbonyl (C=O) groups is 2. The Balaban J connectivity index is 1.53. The standard InChI is InChI=1S/C34H38ClFN6O5/c1-20(43)37-29-15-22(16-30(38-29)41-11-10-24(19-41)40(6)33(45)47-34(2,3)4)26-18-23(36)17-25(31(26)46-7)21-8-9-28(27(35)14-21)42-13-12-39(5)32(42)44/h8-9,12-18,24H,10-11,19H2,1-7H3,(H,37,38,43)/t24-/m0/s1. The van der Waals surface area contributed by atoms with E-state index >= 15 is 4.39 Å². The van der Waals surface area contributed by atoms with Gasteiger partial charge in [0.15, 0.2) is 0 Å². The van der Waals surface area contributed by atoms with Crippen LogP contribution in [0.3, 0.4) is 0 Å². The summed E-state index contributed by atoms with van der Waals surface area (Å²) in [6.07, 6.45) is 3.52. The Labute approximate surface area is 277 Å². The zero-order valence-electron chi connectivity index (χ0n) is 27.4. The number of rotatable bonds is 7. The molecule has 1 saturated heterocycles. The number of halogens is 2. The van der Waals surface area contributed by atoms with Crippen LogP contribution in [0.4, 0.5) is 20.8 Å². The lowest BCUT2D eigenvalue weighted by Crippen LogP contribution is -2.42. The SMILES string of the molecule is COc1c(-c2cc(NC(C)=O)nc(N3CC[C@H](N(C)C(=O)OC(C)(C)C)C3)c2)cc(F)cc1-c1ccc(-n2ccn(C)c2=O)c(Cl)c1. The quantitative estimate of drug-likeness (QED) is 0.254. The predicted octanol–water partition coefficient (Wildman–Crippen LogP) is 6.11. The minimum Gasteiger partial charge on any atom is -0.495 e. The fourth-order valence-electron chi connectivity index (χ4n) is 5.59. The van der Waals surface area contributed by atoms with Crippen molar-refractivity contribution in [1.82, 2.24) is 19.0 Å². The third-order valence-corrected chi connectivity index (χ3v) is 8.17. The number of ether oxygens (including phenoxy) is 2. The van der Waals surface area contributed by atoms with Gasteiger partial charge < -0.3 is 29.2 Å². The van der Waals surface area contributed by atoms with Crippen molar-refractivity contribution in [2.75, 3.05) is 37.5 Å². The number of benzene rings is 2. The van der Waals surface area contributed by atoms with Crippen molar-refractivity contribution < 1.29 is 23.5 Å². The number of carbonyl (C=O) groups excluding carboxylic acids is 2. The van der Waals surface area contributed by atoms with E-state index in [9.17, 15) is 14.4 Å². The molecule has 5 rings (SSSR count). The van der Waals surface area contributed by atoms with Gasteiger partial charge in [-0.05, 0) is 74.7 Å². The van der Waals surface area contributed by atoms with E-state index in [0.29, 0.717) is 64.0 Å². The van der Waals surface area contributed by atoms with Crippen molar-refractivity contribution in [3.8, 4) is 33.7 Å². The summed E-state index contributed by atoms with van der Waals surface area (Å²) < 4.78 is 29.7. The van der Waals surface area contributed by atoms with E-state index in [4.69, 9.17) is 21.1 Å².